The molecule has 0 atom stereocenters. The molecule has 0 unspecified atom stereocenters. The molecule has 0 bridgehead atoms. The summed E-state index contributed by atoms with van der Waals surface area (Å²) in [5.74, 6) is 1.50. The van der Waals surface area contributed by atoms with E-state index in [-0.39, 0.29) is 0 Å². The summed E-state index contributed by atoms with van der Waals surface area (Å²) in [6.07, 6.45) is 0. The summed E-state index contributed by atoms with van der Waals surface area (Å²) in [6, 6.07) is 10.8. The summed E-state index contributed by atoms with van der Waals surface area (Å²) in [4.78, 5) is 2.64. The van der Waals surface area contributed by atoms with Crippen LogP contribution in [0.1, 0.15) is 47.6 Å². The quantitative estimate of drug-likeness (QED) is 0.788. The number of hydrogen-bond acceptors (Lipinski definition) is 3. The van der Waals surface area contributed by atoms with Gasteiger partial charge in [-0.3, -0.25) is 0 Å². The molecule has 0 spiro atoms. The van der Waals surface area contributed by atoms with E-state index in [9.17, 15) is 0 Å². The minimum atomic E-state index is 0.480. The van der Waals surface area contributed by atoms with Crippen molar-refractivity contribution in [3.63, 3.8) is 0 Å². The summed E-state index contributed by atoms with van der Waals surface area (Å²) < 4.78 is 6.07. The van der Waals surface area contributed by atoms with Gasteiger partial charge < -0.3 is 10.1 Å². The van der Waals surface area contributed by atoms with Crippen LogP contribution in [0, 0.1) is 6.92 Å². The van der Waals surface area contributed by atoms with Crippen molar-refractivity contribution in [1.29, 1.82) is 0 Å². The van der Waals surface area contributed by atoms with Crippen LogP contribution in [0.25, 0.3) is 0 Å². The molecule has 0 aliphatic rings. The molecule has 0 saturated carbocycles. The van der Waals surface area contributed by atoms with E-state index in [1.165, 1.54) is 20.9 Å². The predicted octanol–water partition coefficient (Wildman–Crippen LogP) is 4.87. The highest BCUT2D eigenvalue weighted by Gasteiger charge is 2.09. The Morgan fingerprint density at radius 2 is 1.90 bits per heavy atom. The van der Waals surface area contributed by atoms with Crippen molar-refractivity contribution in [3.8, 4) is 5.75 Å². The van der Waals surface area contributed by atoms with Crippen molar-refractivity contribution in [2.75, 3.05) is 6.54 Å². The summed E-state index contributed by atoms with van der Waals surface area (Å²) in [5.41, 5.74) is 2.53. The third-order valence-corrected chi connectivity index (χ3v) is 4.49. The second-order valence-corrected chi connectivity index (χ2v) is 6.89. The maximum atomic E-state index is 6.07. The maximum Gasteiger partial charge on any atom is 0.123 e. The molecule has 0 saturated heterocycles. The number of thiophene rings is 1. The van der Waals surface area contributed by atoms with Gasteiger partial charge in [-0.15, -0.1) is 11.3 Å². The first kappa shape index (κ1) is 16.1. The van der Waals surface area contributed by atoms with Gasteiger partial charge in [0.05, 0.1) is 0 Å². The molecule has 0 aliphatic carbocycles. The van der Waals surface area contributed by atoms with Crippen LogP contribution in [-0.4, -0.2) is 6.54 Å². The molecule has 0 radical (unpaired) electrons. The van der Waals surface area contributed by atoms with E-state index in [1.807, 2.05) is 11.3 Å². The Kier molecular flexibility index (Phi) is 5.83. The van der Waals surface area contributed by atoms with Gasteiger partial charge in [0.2, 0.25) is 0 Å². The molecule has 2 aromatic rings. The first-order valence-electron chi connectivity index (χ1n) is 7.61. The molecule has 3 heteroatoms. The molecular weight excluding hydrogens is 278 g/mol. The molecule has 1 aromatic heterocycles. The third-order valence-electron chi connectivity index (χ3n) is 3.43. The van der Waals surface area contributed by atoms with Gasteiger partial charge in [0.1, 0.15) is 12.4 Å². The Bertz CT molecular complexity index is 574. The Balaban J connectivity index is 2.02. The van der Waals surface area contributed by atoms with Crippen LogP contribution in [0.5, 0.6) is 5.75 Å². The minimum Gasteiger partial charge on any atom is -0.488 e. The van der Waals surface area contributed by atoms with Gasteiger partial charge in [-0.2, -0.15) is 0 Å². The first-order valence-corrected chi connectivity index (χ1v) is 8.43. The molecule has 2 nitrogen and oxygen atoms in total. The summed E-state index contributed by atoms with van der Waals surface area (Å²) in [6.45, 7) is 11.3. The molecule has 1 aromatic carbocycles. The average Bonchev–Trinajstić information content (AvgIpc) is 2.90. The lowest BCUT2D eigenvalue weighted by Crippen LogP contribution is -2.10. The van der Waals surface area contributed by atoms with E-state index in [0.29, 0.717) is 12.5 Å². The SMILES string of the molecule is CCNCc1ccc(COc2cc(C)ccc2C(C)C)s1. The van der Waals surface area contributed by atoms with Gasteiger partial charge in [0.15, 0.2) is 0 Å². The van der Waals surface area contributed by atoms with Crippen molar-refractivity contribution in [2.45, 2.75) is 46.8 Å². The van der Waals surface area contributed by atoms with Crippen LogP contribution in [0.15, 0.2) is 30.3 Å². The molecule has 1 N–H and O–H groups in total. The highest BCUT2D eigenvalue weighted by molar-refractivity contribution is 7.11. The Hall–Kier alpha value is -1.32. The van der Waals surface area contributed by atoms with Crippen LogP contribution in [0.4, 0.5) is 0 Å². The van der Waals surface area contributed by atoms with Crippen molar-refractivity contribution < 1.29 is 4.74 Å². The maximum absolute atomic E-state index is 6.07. The average molecular weight is 303 g/mol. The molecule has 0 aliphatic heterocycles. The zero-order valence-electron chi connectivity index (χ0n) is 13.4. The van der Waals surface area contributed by atoms with Gasteiger partial charge in [-0.1, -0.05) is 32.9 Å². The molecule has 0 amide bonds. The van der Waals surface area contributed by atoms with Gasteiger partial charge in [0, 0.05) is 16.3 Å². The van der Waals surface area contributed by atoms with E-state index in [1.54, 1.807) is 0 Å². The molecule has 114 valence electrons. The monoisotopic (exact) mass is 303 g/mol. The number of nitrogens with one attached hydrogen (secondary N) is 1. The Morgan fingerprint density at radius 3 is 2.62 bits per heavy atom. The van der Waals surface area contributed by atoms with Crippen molar-refractivity contribution in [3.05, 3.63) is 51.2 Å². The fourth-order valence-electron chi connectivity index (χ4n) is 2.24. The van der Waals surface area contributed by atoms with Gasteiger partial charge in [-0.25, -0.2) is 0 Å². The Morgan fingerprint density at radius 1 is 1.14 bits per heavy atom. The fourth-order valence-corrected chi connectivity index (χ4v) is 3.14. The molecule has 1 heterocycles. The number of aryl methyl sites for hydroxylation is 1. The van der Waals surface area contributed by atoms with Crippen LogP contribution in [0.3, 0.4) is 0 Å². The minimum absolute atomic E-state index is 0.480. The lowest BCUT2D eigenvalue weighted by atomic mass is 10.0. The van der Waals surface area contributed by atoms with E-state index >= 15 is 0 Å². The smallest absolute Gasteiger partial charge is 0.123 e. The predicted molar refractivity (Wildman–Crippen MR) is 91.3 cm³/mol. The van der Waals surface area contributed by atoms with Crippen LogP contribution < -0.4 is 10.1 Å². The fraction of sp³-hybridized carbons (Fsp3) is 0.444. The van der Waals surface area contributed by atoms with E-state index in [0.717, 1.165) is 18.8 Å². The third kappa shape index (κ3) is 4.58. The lowest BCUT2D eigenvalue weighted by Gasteiger charge is -2.14. The standard InChI is InChI=1S/C18H25NOS/c1-5-19-11-15-7-8-16(21-15)12-20-18-10-14(4)6-9-17(18)13(2)3/h6-10,13,19H,5,11-12H2,1-4H3. The largest absolute Gasteiger partial charge is 0.488 e. The topological polar surface area (TPSA) is 21.3 Å². The van der Waals surface area contributed by atoms with Gasteiger partial charge in [-0.05, 0) is 48.7 Å². The second kappa shape index (κ2) is 7.62. The molecule has 2 rings (SSSR count). The summed E-state index contributed by atoms with van der Waals surface area (Å²) >= 11 is 1.82. The first-order chi connectivity index (χ1) is 10.1. The number of rotatable bonds is 7. The van der Waals surface area contributed by atoms with Gasteiger partial charge in [0.25, 0.3) is 0 Å². The van der Waals surface area contributed by atoms with Crippen molar-refractivity contribution in [2.24, 2.45) is 0 Å². The normalized spacial score (nSPS) is 11.1. The highest BCUT2D eigenvalue weighted by Crippen LogP contribution is 2.29. The van der Waals surface area contributed by atoms with E-state index < -0.39 is 0 Å². The number of ether oxygens (including phenoxy) is 1. The highest BCUT2D eigenvalue weighted by atomic mass is 32.1. The number of benzene rings is 1. The van der Waals surface area contributed by atoms with Crippen molar-refractivity contribution >= 4 is 11.3 Å². The zero-order valence-corrected chi connectivity index (χ0v) is 14.2. The zero-order chi connectivity index (χ0) is 15.2. The summed E-state index contributed by atoms with van der Waals surface area (Å²) in [7, 11) is 0. The van der Waals surface area contributed by atoms with E-state index in [4.69, 9.17) is 4.74 Å². The van der Waals surface area contributed by atoms with Crippen LogP contribution >= 0.6 is 11.3 Å². The molecule has 21 heavy (non-hydrogen) atoms. The van der Waals surface area contributed by atoms with Crippen LogP contribution in [0.2, 0.25) is 0 Å². The van der Waals surface area contributed by atoms with Gasteiger partial charge >= 0.3 is 0 Å². The molecular formula is C18H25NOS. The van der Waals surface area contributed by atoms with E-state index in [2.05, 4.69) is 63.3 Å². The Labute approximate surface area is 132 Å². The lowest BCUT2D eigenvalue weighted by molar-refractivity contribution is 0.305. The van der Waals surface area contributed by atoms with Crippen LogP contribution in [-0.2, 0) is 13.2 Å². The molecule has 0 fully saturated rings. The van der Waals surface area contributed by atoms with Crippen molar-refractivity contribution in [1.82, 2.24) is 5.32 Å². The second-order valence-electron chi connectivity index (χ2n) is 5.63. The summed E-state index contributed by atoms with van der Waals surface area (Å²) in [5, 5.41) is 3.35. The number of hydrogen-bond donors (Lipinski definition) is 1.